The number of halogens is 1. The molecule has 0 bridgehead atoms. The van der Waals surface area contributed by atoms with Gasteiger partial charge in [0.15, 0.2) is 5.76 Å². The number of benzene rings is 1. The number of likely N-dealkylation sites (tertiary alicyclic amines) is 1. The third-order valence-electron chi connectivity index (χ3n) is 4.82. The molecule has 2 aliphatic rings. The fourth-order valence-corrected chi connectivity index (χ4v) is 4.50. The van der Waals surface area contributed by atoms with E-state index in [2.05, 4.69) is 15.4 Å². The summed E-state index contributed by atoms with van der Waals surface area (Å²) in [5.74, 6) is 1.07. The molecule has 2 aromatic rings. The number of hydrogen-bond acceptors (Lipinski definition) is 5. The quantitative estimate of drug-likeness (QED) is 0.438. The van der Waals surface area contributed by atoms with Crippen molar-refractivity contribution in [2.24, 2.45) is 0 Å². The maximum atomic E-state index is 12.1. The molecule has 1 aromatic carbocycles. The molecular weight excluding hydrogens is 396 g/mol. The van der Waals surface area contributed by atoms with Crippen molar-refractivity contribution in [3.63, 3.8) is 0 Å². The van der Waals surface area contributed by atoms with Crippen LogP contribution in [-0.4, -0.2) is 39.6 Å². The number of alkyl halides is 1. The Balaban J connectivity index is 1.36. The number of thioether (sulfide) groups is 1. The largest absolute Gasteiger partial charge is 0.357 e. The normalized spacial score (nSPS) is 19.0. The summed E-state index contributed by atoms with van der Waals surface area (Å²) in [6.07, 6.45) is 4.86. The minimum atomic E-state index is -0.137. The van der Waals surface area contributed by atoms with Gasteiger partial charge in [-0.25, -0.2) is 0 Å². The van der Waals surface area contributed by atoms with E-state index in [0.29, 0.717) is 35.2 Å². The van der Waals surface area contributed by atoms with Crippen molar-refractivity contribution in [1.29, 1.82) is 5.41 Å². The van der Waals surface area contributed by atoms with Crippen LogP contribution >= 0.6 is 23.4 Å². The van der Waals surface area contributed by atoms with Crippen LogP contribution in [0.5, 0.6) is 0 Å². The van der Waals surface area contributed by atoms with Crippen LogP contribution in [0, 0.1) is 5.41 Å². The molecule has 1 amide bonds. The van der Waals surface area contributed by atoms with Crippen LogP contribution in [0.3, 0.4) is 0 Å². The van der Waals surface area contributed by atoms with E-state index in [1.54, 1.807) is 0 Å². The minimum absolute atomic E-state index is 0.0608. The summed E-state index contributed by atoms with van der Waals surface area (Å²) in [5, 5.41) is 15.2. The van der Waals surface area contributed by atoms with Gasteiger partial charge in [0.25, 0.3) is 5.91 Å². The van der Waals surface area contributed by atoms with E-state index in [0.717, 1.165) is 37.1 Å². The molecule has 6 nitrogen and oxygen atoms in total. The topological polar surface area (TPSA) is 82.2 Å². The number of nitrogens with one attached hydrogen (secondary N) is 2. The molecule has 0 saturated carbocycles. The molecule has 1 aromatic heterocycles. The van der Waals surface area contributed by atoms with Gasteiger partial charge in [-0.3, -0.25) is 10.2 Å². The highest BCUT2D eigenvalue weighted by molar-refractivity contribution is 8.05. The highest BCUT2D eigenvalue weighted by Crippen LogP contribution is 2.34. The Bertz CT molecular complexity index is 903. The summed E-state index contributed by atoms with van der Waals surface area (Å²) < 4.78 is 5.36. The number of rotatable bonds is 5. The molecule has 0 spiro atoms. The van der Waals surface area contributed by atoms with Gasteiger partial charge in [-0.15, -0.1) is 23.4 Å². The van der Waals surface area contributed by atoms with E-state index < -0.39 is 0 Å². The molecule has 1 fully saturated rings. The molecule has 0 radical (unpaired) electrons. The second-order valence-electron chi connectivity index (χ2n) is 6.82. The van der Waals surface area contributed by atoms with Gasteiger partial charge in [-0.2, -0.15) is 0 Å². The number of hydrogen-bond donors (Lipinski definition) is 2. The maximum Gasteiger partial charge on any atom is 0.257 e. The summed E-state index contributed by atoms with van der Waals surface area (Å²) in [5.41, 5.74) is 2.45. The Morgan fingerprint density at radius 2 is 2.07 bits per heavy atom. The van der Waals surface area contributed by atoms with Crippen LogP contribution in [-0.2, 0) is 11.3 Å². The van der Waals surface area contributed by atoms with Gasteiger partial charge in [0.05, 0.1) is 16.2 Å². The molecule has 3 heterocycles. The highest BCUT2D eigenvalue weighted by Gasteiger charge is 2.21. The Morgan fingerprint density at radius 3 is 2.75 bits per heavy atom. The first kappa shape index (κ1) is 19.1. The van der Waals surface area contributed by atoms with Gasteiger partial charge in [0.2, 0.25) is 0 Å². The van der Waals surface area contributed by atoms with Crippen molar-refractivity contribution < 1.29 is 9.32 Å². The molecule has 2 N–H and O–H groups in total. The van der Waals surface area contributed by atoms with Crippen LogP contribution in [0.1, 0.15) is 30.5 Å². The molecule has 146 valence electrons. The van der Waals surface area contributed by atoms with Crippen LogP contribution in [0.15, 0.2) is 45.8 Å². The predicted octanol–water partition coefficient (Wildman–Crippen LogP) is 3.96. The van der Waals surface area contributed by atoms with Gasteiger partial charge in [0, 0.05) is 30.3 Å². The lowest BCUT2D eigenvalue weighted by Gasteiger charge is -2.18. The molecule has 4 rings (SSSR count). The third-order valence-corrected chi connectivity index (χ3v) is 6.32. The van der Waals surface area contributed by atoms with Gasteiger partial charge in [-0.05, 0) is 19.3 Å². The standard InChI is InChI=1S/C20H21ClN4O2S/c21-18-8-7-17(28-18)20(26)23-12-15-11-16(27-24-15)13-3-5-14(6-4-13)19(22)25-9-1-2-10-25/h3-7,11,18,22H,1-2,8-10,12H2,(H,23,26). The first-order valence-corrected chi connectivity index (χ1v) is 10.6. The first-order valence-electron chi connectivity index (χ1n) is 9.29. The molecule has 1 atom stereocenters. The molecule has 2 aliphatic heterocycles. The van der Waals surface area contributed by atoms with Crippen molar-refractivity contribution in [3.8, 4) is 11.3 Å². The molecule has 28 heavy (non-hydrogen) atoms. The highest BCUT2D eigenvalue weighted by atomic mass is 35.5. The van der Waals surface area contributed by atoms with Gasteiger partial charge in [0.1, 0.15) is 11.5 Å². The van der Waals surface area contributed by atoms with Crippen molar-refractivity contribution in [1.82, 2.24) is 15.4 Å². The Kier molecular flexibility index (Phi) is 5.73. The number of aromatic nitrogens is 1. The second-order valence-corrected chi connectivity index (χ2v) is 8.85. The van der Waals surface area contributed by atoms with Crippen molar-refractivity contribution >= 4 is 35.1 Å². The van der Waals surface area contributed by atoms with Gasteiger partial charge in [-0.1, -0.05) is 35.5 Å². The number of carbonyl (C=O) groups excluding carboxylic acids is 1. The van der Waals surface area contributed by atoms with Crippen LogP contribution in [0.2, 0.25) is 0 Å². The van der Waals surface area contributed by atoms with Gasteiger partial charge >= 0.3 is 0 Å². The lowest BCUT2D eigenvalue weighted by Crippen LogP contribution is -2.27. The lowest BCUT2D eigenvalue weighted by molar-refractivity contribution is -0.117. The molecule has 0 aliphatic carbocycles. The number of carbonyl (C=O) groups is 1. The Hall–Kier alpha value is -2.25. The molecular formula is C20H21ClN4O2S. The number of nitrogens with zero attached hydrogens (tertiary/aromatic N) is 2. The zero-order valence-corrected chi connectivity index (χ0v) is 16.9. The smallest absolute Gasteiger partial charge is 0.257 e. The van der Waals surface area contributed by atoms with Crippen LogP contribution < -0.4 is 5.32 Å². The zero-order valence-electron chi connectivity index (χ0n) is 15.3. The lowest BCUT2D eigenvalue weighted by atomic mass is 10.1. The van der Waals surface area contributed by atoms with Crippen molar-refractivity contribution in [2.75, 3.05) is 13.1 Å². The molecule has 1 saturated heterocycles. The first-order chi connectivity index (χ1) is 13.6. The maximum absolute atomic E-state index is 12.1. The van der Waals surface area contributed by atoms with E-state index in [1.165, 1.54) is 11.8 Å². The van der Waals surface area contributed by atoms with E-state index in [1.807, 2.05) is 36.4 Å². The number of allylic oxidation sites excluding steroid dienone is 1. The Labute approximate surface area is 172 Å². The van der Waals surface area contributed by atoms with Crippen LogP contribution in [0.4, 0.5) is 0 Å². The Morgan fingerprint density at radius 1 is 1.32 bits per heavy atom. The summed E-state index contributed by atoms with van der Waals surface area (Å²) in [4.78, 5) is 14.9. The van der Waals surface area contributed by atoms with Gasteiger partial charge < -0.3 is 14.7 Å². The monoisotopic (exact) mass is 416 g/mol. The number of amides is 1. The zero-order chi connectivity index (χ0) is 19.5. The molecule has 1 unspecified atom stereocenters. The van der Waals surface area contributed by atoms with E-state index in [9.17, 15) is 4.79 Å². The SMILES string of the molecule is N=C(c1ccc(-c2cc(CNC(=O)C3=CCC(Cl)S3)no2)cc1)N1CCCC1. The summed E-state index contributed by atoms with van der Waals surface area (Å²) in [6.45, 7) is 2.21. The number of amidine groups is 1. The summed E-state index contributed by atoms with van der Waals surface area (Å²) in [6, 6.07) is 9.56. The van der Waals surface area contributed by atoms with E-state index in [4.69, 9.17) is 21.5 Å². The fourth-order valence-electron chi connectivity index (χ4n) is 3.28. The van der Waals surface area contributed by atoms with Crippen molar-refractivity contribution in [3.05, 3.63) is 52.6 Å². The van der Waals surface area contributed by atoms with E-state index >= 15 is 0 Å². The summed E-state index contributed by atoms with van der Waals surface area (Å²) >= 11 is 7.37. The average molecular weight is 417 g/mol. The van der Waals surface area contributed by atoms with Crippen molar-refractivity contribution in [2.45, 2.75) is 30.5 Å². The average Bonchev–Trinajstić information content (AvgIpc) is 3.47. The minimum Gasteiger partial charge on any atom is -0.357 e. The van der Waals surface area contributed by atoms with E-state index in [-0.39, 0.29) is 10.6 Å². The summed E-state index contributed by atoms with van der Waals surface area (Å²) in [7, 11) is 0. The van der Waals surface area contributed by atoms with Crippen LogP contribution in [0.25, 0.3) is 11.3 Å². The fraction of sp³-hybridized carbons (Fsp3) is 0.350. The second kappa shape index (κ2) is 8.41. The predicted molar refractivity (Wildman–Crippen MR) is 111 cm³/mol. The third kappa shape index (κ3) is 4.25. The molecule has 8 heteroatoms.